The highest BCUT2D eigenvalue weighted by atomic mass is 35.5. The fourth-order valence-electron chi connectivity index (χ4n) is 7.98. The highest BCUT2D eigenvalue weighted by Crippen LogP contribution is 2.45. The van der Waals surface area contributed by atoms with Gasteiger partial charge in [-0.05, 0) is 97.9 Å². The average molecular weight is 736 g/mol. The molecule has 2 aliphatic heterocycles. The molecule has 274 valence electrons. The van der Waals surface area contributed by atoms with Gasteiger partial charge < -0.3 is 14.4 Å². The number of hydrogen-bond acceptors (Lipinski definition) is 7. The van der Waals surface area contributed by atoms with Crippen molar-refractivity contribution >= 4 is 39.0 Å². The van der Waals surface area contributed by atoms with E-state index in [0.717, 1.165) is 48.6 Å². The molecule has 3 heterocycles. The Balaban J connectivity index is 1.39. The molecule has 10 nitrogen and oxygen atoms in total. The summed E-state index contributed by atoms with van der Waals surface area (Å²) < 4.78 is 35.6. The van der Waals surface area contributed by atoms with Crippen LogP contribution in [0.4, 0.5) is 5.69 Å². The molecule has 0 saturated carbocycles. The lowest BCUT2D eigenvalue weighted by Gasteiger charge is -2.42. The van der Waals surface area contributed by atoms with Crippen molar-refractivity contribution in [3.63, 3.8) is 0 Å². The average Bonchev–Trinajstić information content (AvgIpc) is 3.46. The number of carbonyl (C=O) groups is 2. The van der Waals surface area contributed by atoms with Gasteiger partial charge in [0.05, 0.1) is 24.2 Å². The molecule has 0 radical (unpaired) electrons. The second-order valence-electron chi connectivity index (χ2n) is 14.3. The van der Waals surface area contributed by atoms with E-state index >= 15 is 0 Å². The molecule has 1 spiro atoms. The Hall–Kier alpha value is -3.67. The molecule has 1 aliphatic carbocycles. The molecule has 2 amide bonds. The number of aryl methyl sites for hydroxylation is 3. The summed E-state index contributed by atoms with van der Waals surface area (Å²) in [6.07, 6.45) is 11.2. The van der Waals surface area contributed by atoms with Gasteiger partial charge in [0.2, 0.25) is 5.91 Å². The Kier molecular flexibility index (Phi) is 11.6. The molecule has 3 aliphatic rings. The van der Waals surface area contributed by atoms with Crippen LogP contribution in [-0.4, -0.2) is 64.5 Å². The molecule has 12 heteroatoms. The molecule has 51 heavy (non-hydrogen) atoms. The first kappa shape index (κ1) is 37.1. The summed E-state index contributed by atoms with van der Waals surface area (Å²) >= 11 is 6.46. The summed E-state index contributed by atoms with van der Waals surface area (Å²) in [5, 5.41) is 4.89. The van der Waals surface area contributed by atoms with Gasteiger partial charge in [0.15, 0.2) is 0 Å². The SMILES string of the molecule is CC[C@H]1CN2C[C@@]3(CCCc4cc(Cl)ccc43)COc3ccc(cc32)C(=O)N=S(=O)(NC(=O)CCc2ccnn2C)CCC/C=C/[C@H](OC)[C@@H]1C. The Bertz CT molecular complexity index is 1900. The number of fused-ring (bicyclic) bond motifs is 3. The zero-order chi connectivity index (χ0) is 36.2. The number of ether oxygens (including phenoxy) is 2. The van der Waals surface area contributed by atoms with Gasteiger partial charge in [-0.3, -0.25) is 19.0 Å². The molecular weight excluding hydrogens is 686 g/mol. The topological polar surface area (TPSA) is 115 Å². The second-order valence-corrected chi connectivity index (χ2v) is 16.8. The van der Waals surface area contributed by atoms with Gasteiger partial charge in [-0.2, -0.15) is 5.10 Å². The number of rotatable bonds is 6. The van der Waals surface area contributed by atoms with Crippen molar-refractivity contribution in [2.24, 2.45) is 23.2 Å². The van der Waals surface area contributed by atoms with Crippen LogP contribution in [0.2, 0.25) is 5.02 Å². The number of aromatic nitrogens is 2. The molecule has 6 rings (SSSR count). The van der Waals surface area contributed by atoms with Crippen LogP contribution in [0.15, 0.2) is 65.2 Å². The van der Waals surface area contributed by atoms with E-state index < -0.39 is 21.7 Å². The van der Waals surface area contributed by atoms with Crippen molar-refractivity contribution in [3.05, 3.63) is 88.2 Å². The van der Waals surface area contributed by atoms with Crippen LogP contribution in [0.25, 0.3) is 0 Å². The molecule has 1 aromatic heterocycles. The van der Waals surface area contributed by atoms with E-state index in [1.807, 2.05) is 31.3 Å². The number of anilines is 1. The molecule has 3 aromatic rings. The number of amides is 2. The van der Waals surface area contributed by atoms with Gasteiger partial charge in [0, 0.05) is 61.6 Å². The number of halogens is 1. The van der Waals surface area contributed by atoms with Crippen LogP contribution < -0.4 is 14.4 Å². The minimum absolute atomic E-state index is 0.0391. The van der Waals surface area contributed by atoms with E-state index in [4.69, 9.17) is 21.1 Å². The van der Waals surface area contributed by atoms with Crippen LogP contribution in [0.1, 0.15) is 79.6 Å². The number of carbonyl (C=O) groups excluding carboxylic acids is 2. The summed E-state index contributed by atoms with van der Waals surface area (Å²) in [6.45, 7) is 6.39. The van der Waals surface area contributed by atoms with Gasteiger partial charge in [-0.15, -0.1) is 4.36 Å². The summed E-state index contributed by atoms with van der Waals surface area (Å²) in [4.78, 5) is 29.4. The van der Waals surface area contributed by atoms with Gasteiger partial charge in [-0.25, -0.2) is 4.21 Å². The predicted molar refractivity (Wildman–Crippen MR) is 202 cm³/mol. The summed E-state index contributed by atoms with van der Waals surface area (Å²) in [5.74, 6) is 0.134. The Morgan fingerprint density at radius 1 is 1.20 bits per heavy atom. The third-order valence-electron chi connectivity index (χ3n) is 10.9. The molecule has 1 unspecified atom stereocenters. The monoisotopic (exact) mass is 735 g/mol. The van der Waals surface area contributed by atoms with Crippen molar-refractivity contribution < 1.29 is 23.3 Å². The van der Waals surface area contributed by atoms with Crippen LogP contribution >= 0.6 is 11.6 Å². The third kappa shape index (κ3) is 8.36. The predicted octanol–water partition coefficient (Wildman–Crippen LogP) is 6.85. The second kappa shape index (κ2) is 15.9. The van der Waals surface area contributed by atoms with Crippen molar-refractivity contribution in [2.75, 3.05) is 37.5 Å². The molecular formula is C39H50ClN5O5S. The van der Waals surface area contributed by atoms with Crippen LogP contribution in [-0.2, 0) is 44.8 Å². The van der Waals surface area contributed by atoms with E-state index in [1.165, 1.54) is 11.1 Å². The van der Waals surface area contributed by atoms with Crippen molar-refractivity contribution in [2.45, 2.75) is 76.7 Å². The van der Waals surface area contributed by atoms with Crippen LogP contribution in [0, 0.1) is 11.8 Å². The highest BCUT2D eigenvalue weighted by Gasteiger charge is 2.42. The molecule has 0 saturated heterocycles. The Morgan fingerprint density at radius 3 is 2.80 bits per heavy atom. The van der Waals surface area contributed by atoms with Gasteiger partial charge in [-0.1, -0.05) is 50.1 Å². The zero-order valence-corrected chi connectivity index (χ0v) is 31.7. The summed E-state index contributed by atoms with van der Waals surface area (Å²) in [7, 11) is 0.129. The van der Waals surface area contributed by atoms with E-state index in [0.29, 0.717) is 43.7 Å². The fourth-order valence-corrected chi connectivity index (χ4v) is 9.81. The van der Waals surface area contributed by atoms with Gasteiger partial charge >= 0.3 is 0 Å². The normalized spacial score (nSPS) is 27.5. The highest BCUT2D eigenvalue weighted by molar-refractivity contribution is 7.92. The quantitative estimate of drug-likeness (QED) is 0.276. The van der Waals surface area contributed by atoms with Crippen molar-refractivity contribution in [1.82, 2.24) is 14.5 Å². The minimum atomic E-state index is -3.43. The maximum absolute atomic E-state index is 14.3. The Labute approximate surface area is 307 Å². The van der Waals surface area contributed by atoms with Crippen molar-refractivity contribution in [3.8, 4) is 5.75 Å². The summed E-state index contributed by atoms with van der Waals surface area (Å²) in [5.41, 5.74) is 4.24. The standard InChI is InChI=1S/C39H50ClN5O5S/c1-5-28-24-45-25-39(19-9-10-29-22-31(40)13-15-33(29)39)26-50-36-16-12-30(23-34(36)45)38(47)43-51(48,21-8-6-7-11-35(49-4)27(28)2)42-37(46)17-14-32-18-20-41-44(32)3/h7,11-13,15-16,18,20,22-23,27-28,35H,5-6,8-10,14,17,19,21,24-26H2,1-4H3,(H,42,43,46,47,48)/b11-7+/t27-,28+,35+,39+,51?/m1/s1. The maximum atomic E-state index is 14.3. The largest absolute Gasteiger partial charge is 0.490 e. The number of methoxy groups -OCH3 is 1. The number of nitrogens with zero attached hydrogens (tertiary/aromatic N) is 4. The van der Waals surface area contributed by atoms with Crippen LogP contribution in [0.5, 0.6) is 5.75 Å². The number of nitrogens with one attached hydrogen (secondary N) is 1. The first-order valence-electron chi connectivity index (χ1n) is 18.1. The molecule has 2 aromatic carbocycles. The van der Waals surface area contributed by atoms with E-state index in [-0.39, 0.29) is 35.5 Å². The van der Waals surface area contributed by atoms with Gasteiger partial charge in [0.25, 0.3) is 5.91 Å². The summed E-state index contributed by atoms with van der Waals surface area (Å²) in [6, 6.07) is 13.4. The number of hydrogen-bond donors (Lipinski definition) is 1. The van der Waals surface area contributed by atoms with E-state index in [9.17, 15) is 13.8 Å². The lowest BCUT2D eigenvalue weighted by atomic mass is 9.70. The number of benzene rings is 2. The maximum Gasteiger partial charge on any atom is 0.286 e. The first-order valence-corrected chi connectivity index (χ1v) is 20.2. The third-order valence-corrected chi connectivity index (χ3v) is 13.0. The molecule has 0 fully saturated rings. The fraction of sp³-hybridized carbons (Fsp3) is 0.513. The number of allylic oxidation sites excluding steroid dienone is 1. The smallest absolute Gasteiger partial charge is 0.286 e. The minimum Gasteiger partial charge on any atom is -0.490 e. The first-order chi connectivity index (χ1) is 24.5. The van der Waals surface area contributed by atoms with Crippen molar-refractivity contribution in [1.29, 1.82) is 0 Å². The lowest BCUT2D eigenvalue weighted by molar-refractivity contribution is -0.119. The molecule has 1 N–H and O–H groups in total. The van der Waals surface area contributed by atoms with Crippen LogP contribution in [0.3, 0.4) is 0 Å². The molecule has 2 bridgehead atoms. The van der Waals surface area contributed by atoms with E-state index in [1.54, 1.807) is 24.1 Å². The lowest BCUT2D eigenvalue weighted by Crippen LogP contribution is -2.47. The molecule has 5 atom stereocenters. The zero-order valence-electron chi connectivity index (χ0n) is 30.1. The van der Waals surface area contributed by atoms with Gasteiger partial charge in [0.1, 0.15) is 15.7 Å². The van der Waals surface area contributed by atoms with E-state index in [2.05, 4.69) is 57.2 Å². The Morgan fingerprint density at radius 2 is 2.04 bits per heavy atom.